The summed E-state index contributed by atoms with van der Waals surface area (Å²) in [4.78, 5) is 36.7. The maximum atomic E-state index is 13.4. The van der Waals surface area contributed by atoms with Crippen molar-refractivity contribution in [2.24, 2.45) is 5.92 Å². The molecule has 2 aliphatic rings. The van der Waals surface area contributed by atoms with Gasteiger partial charge in [0.15, 0.2) is 12.4 Å². The van der Waals surface area contributed by atoms with E-state index in [9.17, 15) is 59.9 Å². The number of aliphatic hydroxyl groups excluding tert-OH is 8. The van der Waals surface area contributed by atoms with Gasteiger partial charge in [0.1, 0.15) is 67.6 Å². The van der Waals surface area contributed by atoms with Crippen LogP contribution in [0, 0.1) is 5.92 Å². The van der Waals surface area contributed by atoms with Crippen LogP contribution in [-0.2, 0) is 42.1 Å². The molecule has 0 aromatic carbocycles. The average molecular weight is 1040 g/mol. The van der Waals surface area contributed by atoms with Crippen molar-refractivity contribution in [1.82, 2.24) is 0 Å². The van der Waals surface area contributed by atoms with E-state index in [1.54, 1.807) is 0 Å². The number of hydrogen-bond acceptors (Lipinski definition) is 17. The SMILES string of the molecule is CCCCCCCCCCCCCCCCCC(=O)OCC(COP(=O)(O)OC1C(O)C(O)C(O)C(O)C1OC1OC(CO)C(O)C(O)C1O)OC(=O)CCCCCCCCC(C)CCCCCCCC. The summed E-state index contributed by atoms with van der Waals surface area (Å²) >= 11 is 0. The van der Waals surface area contributed by atoms with Gasteiger partial charge >= 0.3 is 19.8 Å². The second-order valence-corrected chi connectivity index (χ2v) is 21.8. The second kappa shape index (κ2) is 39.1. The molecule has 0 spiro atoms. The van der Waals surface area contributed by atoms with Gasteiger partial charge in [-0.05, 0) is 18.8 Å². The molecule has 0 bridgehead atoms. The fourth-order valence-corrected chi connectivity index (χ4v) is 10.3. The number of rotatable bonds is 43. The van der Waals surface area contributed by atoms with Gasteiger partial charge in [-0.1, -0.05) is 194 Å². The highest BCUT2D eigenvalue weighted by molar-refractivity contribution is 7.47. The van der Waals surface area contributed by atoms with Gasteiger partial charge in [0, 0.05) is 12.8 Å². The quantitative estimate of drug-likeness (QED) is 0.0164. The average Bonchev–Trinajstić information content (AvgIpc) is 3.35. The second-order valence-electron chi connectivity index (χ2n) is 20.4. The number of esters is 2. The van der Waals surface area contributed by atoms with Gasteiger partial charge in [-0.2, -0.15) is 0 Å². The zero-order valence-corrected chi connectivity index (χ0v) is 44.6. The Morgan fingerprint density at radius 2 is 0.930 bits per heavy atom. The minimum Gasteiger partial charge on any atom is -0.462 e. The smallest absolute Gasteiger partial charge is 0.462 e. The summed E-state index contributed by atoms with van der Waals surface area (Å²) in [6.07, 6.45) is 10.3. The zero-order valence-electron chi connectivity index (χ0n) is 43.7. The Bertz CT molecular complexity index is 1390. The molecule has 0 radical (unpaired) electrons. The first-order chi connectivity index (χ1) is 34.1. The standard InChI is InChI=1S/C52H99O18P/c1-4-6-8-10-12-13-14-15-16-17-18-19-20-25-29-33-41(54)65-36-39(67-42(55)34-30-26-22-21-24-28-32-38(3)31-27-23-11-9-7-5-2)37-66-71(63,64)70-51-48(61)46(59)45(58)47(60)50(51)69-52-49(62)44(57)43(56)40(35-53)68-52/h38-40,43-53,56-62H,4-37H2,1-3H3,(H,63,64). The van der Waals surface area contributed by atoms with E-state index in [0.717, 1.165) is 57.3 Å². The number of carbonyl (C=O) groups is 2. The van der Waals surface area contributed by atoms with E-state index in [2.05, 4.69) is 20.8 Å². The fraction of sp³-hybridized carbons (Fsp3) is 0.962. The molecule has 0 amide bonds. The third kappa shape index (κ3) is 27.8. The molecule has 19 heteroatoms. The monoisotopic (exact) mass is 1040 g/mol. The Morgan fingerprint density at radius 1 is 0.521 bits per heavy atom. The minimum absolute atomic E-state index is 0.0372. The van der Waals surface area contributed by atoms with Crippen molar-refractivity contribution in [1.29, 1.82) is 0 Å². The van der Waals surface area contributed by atoms with Crippen molar-refractivity contribution in [2.75, 3.05) is 19.8 Å². The molecule has 0 aromatic heterocycles. The van der Waals surface area contributed by atoms with Crippen LogP contribution < -0.4 is 0 Å². The lowest BCUT2D eigenvalue weighted by Gasteiger charge is -2.47. The first-order valence-electron chi connectivity index (χ1n) is 27.8. The van der Waals surface area contributed by atoms with Crippen LogP contribution in [0.4, 0.5) is 0 Å². The molecule has 14 unspecified atom stereocenters. The molecule has 1 saturated heterocycles. The Morgan fingerprint density at radius 3 is 1.39 bits per heavy atom. The van der Waals surface area contributed by atoms with Crippen molar-refractivity contribution < 1.29 is 87.9 Å². The molecule has 1 aliphatic heterocycles. The molecule has 18 nitrogen and oxygen atoms in total. The molecular weight excluding hydrogens is 944 g/mol. The van der Waals surface area contributed by atoms with Gasteiger partial charge < -0.3 is 64.7 Å². The topological polar surface area (TPSA) is 289 Å². The number of phosphoric acid groups is 1. The molecule has 2 fully saturated rings. The van der Waals surface area contributed by atoms with Crippen LogP contribution in [0.3, 0.4) is 0 Å². The Kier molecular flexibility index (Phi) is 36.2. The number of ether oxygens (including phenoxy) is 4. The Labute approximate surface area is 425 Å². The van der Waals surface area contributed by atoms with Crippen LogP contribution in [-0.4, -0.2) is 151 Å². The molecule has 14 atom stereocenters. The molecule has 1 aliphatic carbocycles. The van der Waals surface area contributed by atoms with E-state index in [-0.39, 0.29) is 12.8 Å². The molecule has 1 heterocycles. The van der Waals surface area contributed by atoms with Crippen LogP contribution in [0.25, 0.3) is 0 Å². The maximum absolute atomic E-state index is 13.4. The predicted molar refractivity (Wildman–Crippen MR) is 268 cm³/mol. The number of phosphoric ester groups is 1. The highest BCUT2D eigenvalue weighted by atomic mass is 31.2. The summed E-state index contributed by atoms with van der Waals surface area (Å²) < 4.78 is 45.6. The number of aliphatic hydroxyl groups is 8. The molecule has 0 aromatic rings. The first kappa shape index (κ1) is 65.8. The number of unbranched alkanes of at least 4 members (excludes halogenated alkanes) is 24. The van der Waals surface area contributed by atoms with Crippen LogP contribution >= 0.6 is 7.82 Å². The maximum Gasteiger partial charge on any atom is 0.472 e. The van der Waals surface area contributed by atoms with Crippen molar-refractivity contribution in [3.05, 3.63) is 0 Å². The lowest BCUT2D eigenvalue weighted by atomic mass is 9.84. The number of carbonyl (C=O) groups excluding carboxylic acids is 2. The van der Waals surface area contributed by atoms with E-state index in [0.29, 0.717) is 12.8 Å². The summed E-state index contributed by atoms with van der Waals surface area (Å²) in [5.74, 6) is -0.483. The van der Waals surface area contributed by atoms with E-state index in [4.69, 9.17) is 28.0 Å². The van der Waals surface area contributed by atoms with Gasteiger partial charge in [0.25, 0.3) is 0 Å². The minimum atomic E-state index is -5.37. The van der Waals surface area contributed by atoms with Gasteiger partial charge in [-0.3, -0.25) is 18.6 Å². The summed E-state index contributed by atoms with van der Waals surface area (Å²) in [6.45, 7) is 4.60. The summed E-state index contributed by atoms with van der Waals surface area (Å²) in [5, 5.41) is 83.1. The lowest BCUT2D eigenvalue weighted by molar-refractivity contribution is -0.338. The predicted octanol–water partition coefficient (Wildman–Crippen LogP) is 7.35. The molecular formula is C52H99O18P. The third-order valence-corrected chi connectivity index (χ3v) is 14.9. The molecule has 1 saturated carbocycles. The van der Waals surface area contributed by atoms with Crippen LogP contribution in [0.5, 0.6) is 0 Å². The normalized spacial score (nSPS) is 27.5. The van der Waals surface area contributed by atoms with Crippen LogP contribution in [0.1, 0.15) is 220 Å². The lowest BCUT2D eigenvalue weighted by Crippen LogP contribution is -2.67. The van der Waals surface area contributed by atoms with Crippen LogP contribution in [0.2, 0.25) is 0 Å². The Balaban J connectivity index is 1.92. The van der Waals surface area contributed by atoms with Crippen molar-refractivity contribution in [2.45, 2.75) is 293 Å². The van der Waals surface area contributed by atoms with Gasteiger partial charge in [-0.25, -0.2) is 4.57 Å². The third-order valence-electron chi connectivity index (χ3n) is 14.0. The number of hydrogen-bond donors (Lipinski definition) is 9. The van der Waals surface area contributed by atoms with Crippen molar-refractivity contribution in [3.63, 3.8) is 0 Å². The van der Waals surface area contributed by atoms with Crippen molar-refractivity contribution >= 4 is 19.8 Å². The van der Waals surface area contributed by atoms with Gasteiger partial charge in [0.05, 0.1) is 13.2 Å². The largest absolute Gasteiger partial charge is 0.472 e. The van der Waals surface area contributed by atoms with Gasteiger partial charge in [-0.15, -0.1) is 0 Å². The highest BCUT2D eigenvalue weighted by Gasteiger charge is 2.55. The summed E-state index contributed by atoms with van der Waals surface area (Å²) in [7, 11) is -5.37. The summed E-state index contributed by atoms with van der Waals surface area (Å²) in [6, 6.07) is 0. The van der Waals surface area contributed by atoms with E-state index in [1.165, 1.54) is 122 Å². The molecule has 71 heavy (non-hydrogen) atoms. The van der Waals surface area contributed by atoms with Crippen molar-refractivity contribution in [3.8, 4) is 0 Å². The Hall–Kier alpha value is -1.35. The molecule has 420 valence electrons. The van der Waals surface area contributed by atoms with E-state index in [1.807, 2.05) is 0 Å². The zero-order chi connectivity index (χ0) is 52.4. The summed E-state index contributed by atoms with van der Waals surface area (Å²) in [5.41, 5.74) is 0. The fourth-order valence-electron chi connectivity index (χ4n) is 9.30. The van der Waals surface area contributed by atoms with Crippen LogP contribution in [0.15, 0.2) is 0 Å². The van der Waals surface area contributed by atoms with Gasteiger partial charge in [0.2, 0.25) is 0 Å². The highest BCUT2D eigenvalue weighted by Crippen LogP contribution is 2.48. The van der Waals surface area contributed by atoms with E-state index < -0.39 is 113 Å². The van der Waals surface area contributed by atoms with E-state index >= 15 is 0 Å². The first-order valence-corrected chi connectivity index (χ1v) is 29.2. The molecule has 2 rings (SSSR count). The molecule has 9 N–H and O–H groups in total.